The largest absolute Gasteiger partial charge is 0.378 e. The van der Waals surface area contributed by atoms with Gasteiger partial charge in [0, 0.05) is 15.7 Å². The Bertz CT molecular complexity index is 599. The summed E-state index contributed by atoms with van der Waals surface area (Å²) in [6, 6.07) is 10.3. The molecule has 1 N–H and O–H groups in total. The first kappa shape index (κ1) is 14.2. The molecule has 0 aliphatic carbocycles. The summed E-state index contributed by atoms with van der Waals surface area (Å²) >= 11 is 12.1. The van der Waals surface area contributed by atoms with Crippen molar-refractivity contribution >= 4 is 28.9 Å². The van der Waals surface area contributed by atoms with E-state index in [1.807, 2.05) is 19.1 Å². The second-order valence-corrected chi connectivity index (χ2v) is 5.34. The summed E-state index contributed by atoms with van der Waals surface area (Å²) < 4.78 is 13.5. The predicted octanol–water partition coefficient (Wildman–Crippen LogP) is 5.61. The van der Waals surface area contributed by atoms with Crippen molar-refractivity contribution in [3.63, 3.8) is 0 Å². The molecule has 19 heavy (non-hydrogen) atoms. The lowest BCUT2D eigenvalue weighted by molar-refractivity contribution is 0.618. The molecule has 0 heterocycles. The molecule has 1 unspecified atom stereocenters. The Morgan fingerprint density at radius 3 is 2.53 bits per heavy atom. The van der Waals surface area contributed by atoms with Gasteiger partial charge in [-0.2, -0.15) is 0 Å². The predicted molar refractivity (Wildman–Crippen MR) is 79.6 cm³/mol. The zero-order valence-corrected chi connectivity index (χ0v) is 12.2. The number of aryl methyl sites for hydroxylation is 1. The van der Waals surface area contributed by atoms with Crippen LogP contribution in [0.2, 0.25) is 10.0 Å². The number of rotatable bonds is 3. The summed E-state index contributed by atoms with van der Waals surface area (Å²) in [6.07, 6.45) is 0. The zero-order chi connectivity index (χ0) is 14.0. The van der Waals surface area contributed by atoms with Crippen LogP contribution < -0.4 is 5.32 Å². The average Bonchev–Trinajstić information content (AvgIpc) is 2.36. The number of halogens is 3. The van der Waals surface area contributed by atoms with Gasteiger partial charge < -0.3 is 5.32 Å². The molecule has 0 amide bonds. The number of hydrogen-bond donors (Lipinski definition) is 1. The zero-order valence-electron chi connectivity index (χ0n) is 10.7. The van der Waals surface area contributed by atoms with Gasteiger partial charge in [-0.15, -0.1) is 0 Å². The van der Waals surface area contributed by atoms with E-state index in [0.29, 0.717) is 21.3 Å². The van der Waals surface area contributed by atoms with Gasteiger partial charge in [-0.25, -0.2) is 4.39 Å². The molecule has 1 nitrogen and oxygen atoms in total. The van der Waals surface area contributed by atoms with Crippen LogP contribution >= 0.6 is 23.2 Å². The van der Waals surface area contributed by atoms with Crippen LogP contribution in [0.3, 0.4) is 0 Å². The van der Waals surface area contributed by atoms with E-state index in [1.54, 1.807) is 25.1 Å². The van der Waals surface area contributed by atoms with Gasteiger partial charge in [-0.1, -0.05) is 29.3 Å². The van der Waals surface area contributed by atoms with Crippen LogP contribution in [0.1, 0.15) is 24.1 Å². The molecule has 2 aromatic carbocycles. The first-order valence-corrected chi connectivity index (χ1v) is 6.70. The first-order valence-electron chi connectivity index (χ1n) is 5.95. The van der Waals surface area contributed by atoms with Crippen LogP contribution in [0.25, 0.3) is 0 Å². The maximum absolute atomic E-state index is 13.5. The van der Waals surface area contributed by atoms with E-state index in [4.69, 9.17) is 23.2 Å². The van der Waals surface area contributed by atoms with Gasteiger partial charge in [0.25, 0.3) is 0 Å². The molecule has 1 atom stereocenters. The van der Waals surface area contributed by atoms with Crippen molar-refractivity contribution in [3.8, 4) is 0 Å². The van der Waals surface area contributed by atoms with Gasteiger partial charge in [-0.3, -0.25) is 0 Å². The minimum Gasteiger partial charge on any atom is -0.378 e. The van der Waals surface area contributed by atoms with E-state index in [2.05, 4.69) is 5.32 Å². The third kappa shape index (κ3) is 3.40. The Morgan fingerprint density at radius 1 is 1.11 bits per heavy atom. The Morgan fingerprint density at radius 2 is 1.84 bits per heavy atom. The van der Waals surface area contributed by atoms with Gasteiger partial charge in [0.05, 0.1) is 6.04 Å². The van der Waals surface area contributed by atoms with E-state index in [-0.39, 0.29) is 11.9 Å². The Kier molecular flexibility index (Phi) is 4.33. The van der Waals surface area contributed by atoms with E-state index < -0.39 is 0 Å². The van der Waals surface area contributed by atoms with Crippen molar-refractivity contribution in [2.75, 3.05) is 5.32 Å². The number of hydrogen-bond acceptors (Lipinski definition) is 1. The van der Waals surface area contributed by atoms with Crippen molar-refractivity contribution in [2.24, 2.45) is 0 Å². The summed E-state index contributed by atoms with van der Waals surface area (Å²) in [7, 11) is 0. The van der Waals surface area contributed by atoms with E-state index in [9.17, 15) is 4.39 Å². The van der Waals surface area contributed by atoms with Crippen LogP contribution in [0.5, 0.6) is 0 Å². The highest BCUT2D eigenvalue weighted by atomic mass is 35.5. The second-order valence-electron chi connectivity index (χ2n) is 4.50. The number of nitrogens with one attached hydrogen (secondary N) is 1. The molecule has 4 heteroatoms. The average molecular weight is 298 g/mol. The highest BCUT2D eigenvalue weighted by molar-refractivity contribution is 6.33. The fourth-order valence-electron chi connectivity index (χ4n) is 1.86. The standard InChI is InChI=1S/C15H14Cl2FN/c1-9-3-5-12(8-15(9)18)19-10(2)13-7-11(16)4-6-14(13)17/h3-8,10,19H,1-2H3. The van der Waals surface area contributed by atoms with E-state index >= 15 is 0 Å². The minimum absolute atomic E-state index is 0.0618. The Hall–Kier alpha value is -1.25. The molecule has 0 radical (unpaired) electrons. The van der Waals surface area contributed by atoms with Crippen LogP contribution in [-0.2, 0) is 0 Å². The van der Waals surface area contributed by atoms with Crippen molar-refractivity contribution in [2.45, 2.75) is 19.9 Å². The summed E-state index contributed by atoms with van der Waals surface area (Å²) in [6.45, 7) is 3.69. The minimum atomic E-state index is -0.227. The SMILES string of the molecule is Cc1ccc(NC(C)c2cc(Cl)ccc2Cl)cc1F. The number of benzene rings is 2. The first-order chi connectivity index (χ1) is 8.97. The summed E-state index contributed by atoms with van der Waals surface area (Å²) in [5.41, 5.74) is 2.22. The van der Waals surface area contributed by atoms with Crippen LogP contribution in [0.4, 0.5) is 10.1 Å². The molecule has 0 saturated carbocycles. The van der Waals surface area contributed by atoms with E-state index in [0.717, 1.165) is 5.56 Å². The molecular formula is C15H14Cl2FN. The van der Waals surface area contributed by atoms with Crippen LogP contribution in [0, 0.1) is 12.7 Å². The third-order valence-corrected chi connectivity index (χ3v) is 3.56. The fourth-order valence-corrected chi connectivity index (χ4v) is 2.32. The monoisotopic (exact) mass is 297 g/mol. The van der Waals surface area contributed by atoms with E-state index in [1.165, 1.54) is 6.07 Å². The maximum atomic E-state index is 13.5. The van der Waals surface area contributed by atoms with Gasteiger partial charge >= 0.3 is 0 Å². The van der Waals surface area contributed by atoms with Crippen molar-refractivity contribution in [1.82, 2.24) is 0 Å². The number of anilines is 1. The smallest absolute Gasteiger partial charge is 0.128 e. The molecule has 0 bridgehead atoms. The summed E-state index contributed by atoms with van der Waals surface area (Å²) in [5.74, 6) is -0.227. The molecule has 0 aliphatic rings. The summed E-state index contributed by atoms with van der Waals surface area (Å²) in [4.78, 5) is 0. The normalized spacial score (nSPS) is 12.3. The fraction of sp³-hybridized carbons (Fsp3) is 0.200. The molecule has 0 aliphatic heterocycles. The molecule has 0 saturated heterocycles. The maximum Gasteiger partial charge on any atom is 0.128 e. The third-order valence-electron chi connectivity index (χ3n) is 2.98. The topological polar surface area (TPSA) is 12.0 Å². The molecule has 100 valence electrons. The highest BCUT2D eigenvalue weighted by Gasteiger charge is 2.11. The second kappa shape index (κ2) is 5.81. The molecule has 2 rings (SSSR count). The lowest BCUT2D eigenvalue weighted by atomic mass is 10.1. The lowest BCUT2D eigenvalue weighted by Gasteiger charge is -2.17. The lowest BCUT2D eigenvalue weighted by Crippen LogP contribution is -2.07. The van der Waals surface area contributed by atoms with Crippen molar-refractivity contribution in [3.05, 3.63) is 63.4 Å². The van der Waals surface area contributed by atoms with Gasteiger partial charge in [0.2, 0.25) is 0 Å². The van der Waals surface area contributed by atoms with Crippen molar-refractivity contribution < 1.29 is 4.39 Å². The Labute approximate surface area is 122 Å². The molecule has 0 aromatic heterocycles. The van der Waals surface area contributed by atoms with Gasteiger partial charge in [0.1, 0.15) is 5.82 Å². The van der Waals surface area contributed by atoms with Crippen molar-refractivity contribution in [1.29, 1.82) is 0 Å². The molecular weight excluding hydrogens is 284 g/mol. The van der Waals surface area contributed by atoms with Gasteiger partial charge in [0.15, 0.2) is 0 Å². The molecule has 0 fully saturated rings. The summed E-state index contributed by atoms with van der Waals surface area (Å²) in [5, 5.41) is 4.48. The van der Waals surface area contributed by atoms with Crippen LogP contribution in [-0.4, -0.2) is 0 Å². The van der Waals surface area contributed by atoms with Gasteiger partial charge in [-0.05, 0) is 55.3 Å². The molecule has 2 aromatic rings. The molecule has 0 spiro atoms. The Balaban J connectivity index is 2.22. The quantitative estimate of drug-likeness (QED) is 0.776. The van der Waals surface area contributed by atoms with Crippen LogP contribution in [0.15, 0.2) is 36.4 Å². The highest BCUT2D eigenvalue weighted by Crippen LogP contribution is 2.29.